The van der Waals surface area contributed by atoms with Gasteiger partial charge in [-0.1, -0.05) is 56.3 Å². The molecule has 5 rings (SSSR count). The zero-order valence-corrected chi connectivity index (χ0v) is 20.6. The van der Waals surface area contributed by atoms with E-state index in [9.17, 15) is 9.59 Å². The van der Waals surface area contributed by atoms with Crippen LogP contribution in [-0.4, -0.2) is 35.9 Å². The van der Waals surface area contributed by atoms with E-state index in [1.807, 2.05) is 30.3 Å². The highest BCUT2D eigenvalue weighted by atomic mass is 16.6. The summed E-state index contributed by atoms with van der Waals surface area (Å²) in [4.78, 5) is 25.0. The SMILES string of the molecule is C=C1CCC[C@H]2[C@@]1(C)[C@@H](OC(=O)/C=C/c1ccccc1)C[C@]1(C)O[C@]3(CC[C@]21C)COC(=O)C3. The van der Waals surface area contributed by atoms with Gasteiger partial charge in [-0.05, 0) is 56.6 Å². The Morgan fingerprint density at radius 2 is 1.94 bits per heavy atom. The fourth-order valence-corrected chi connectivity index (χ4v) is 7.42. The predicted octanol–water partition coefficient (Wildman–Crippen LogP) is 5.64. The van der Waals surface area contributed by atoms with E-state index in [1.54, 1.807) is 6.08 Å². The second-order valence-corrected chi connectivity index (χ2v) is 11.5. The molecule has 1 spiro atoms. The molecule has 0 bridgehead atoms. The van der Waals surface area contributed by atoms with Gasteiger partial charge in [0, 0.05) is 23.3 Å². The predicted molar refractivity (Wildman–Crippen MR) is 130 cm³/mol. The van der Waals surface area contributed by atoms with Gasteiger partial charge in [0.05, 0.1) is 12.0 Å². The fourth-order valence-electron chi connectivity index (χ4n) is 7.42. The van der Waals surface area contributed by atoms with Gasteiger partial charge in [-0.25, -0.2) is 4.79 Å². The maximum Gasteiger partial charge on any atom is 0.331 e. The van der Waals surface area contributed by atoms with E-state index in [0.717, 1.165) is 37.7 Å². The molecule has 4 aliphatic rings. The zero-order chi connectivity index (χ0) is 24.2. The number of benzene rings is 1. The van der Waals surface area contributed by atoms with Crippen LogP contribution in [0.25, 0.3) is 6.08 Å². The Kier molecular flexibility index (Phi) is 5.55. The molecule has 1 aromatic carbocycles. The molecule has 6 atom stereocenters. The highest BCUT2D eigenvalue weighted by molar-refractivity contribution is 5.87. The highest BCUT2D eigenvalue weighted by Gasteiger charge is 2.69. The molecule has 2 heterocycles. The molecule has 2 saturated heterocycles. The van der Waals surface area contributed by atoms with Gasteiger partial charge < -0.3 is 14.2 Å². The molecule has 34 heavy (non-hydrogen) atoms. The standard InChI is InChI=1S/C29H36O5/c1-20-9-8-12-22-26(2)15-16-29(18-25(31)32-19-29)34-27(26,3)17-23(28(20,22)4)33-24(30)14-13-21-10-6-5-7-11-21/h5-7,10-11,13-14,22-23H,1,8-9,12,15-19H2,2-4H3/b14-13+/t22-,23+,26-,27+,28+,29+/m1/s1. The molecule has 182 valence electrons. The first-order valence-corrected chi connectivity index (χ1v) is 12.6. The molecule has 2 aliphatic carbocycles. The van der Waals surface area contributed by atoms with E-state index in [4.69, 9.17) is 14.2 Å². The van der Waals surface area contributed by atoms with Gasteiger partial charge in [0.1, 0.15) is 18.3 Å². The molecule has 0 radical (unpaired) electrons. The van der Waals surface area contributed by atoms with Gasteiger partial charge in [0.25, 0.3) is 0 Å². The summed E-state index contributed by atoms with van der Waals surface area (Å²) in [5.74, 6) is -0.247. The normalized spacial score (nSPS) is 41.7. The van der Waals surface area contributed by atoms with E-state index in [-0.39, 0.29) is 34.8 Å². The number of hydrogen-bond donors (Lipinski definition) is 0. The van der Waals surface area contributed by atoms with Gasteiger partial charge in [-0.3, -0.25) is 4.79 Å². The van der Waals surface area contributed by atoms with E-state index in [0.29, 0.717) is 19.4 Å². The van der Waals surface area contributed by atoms with E-state index >= 15 is 0 Å². The van der Waals surface area contributed by atoms with Crippen LogP contribution in [0.15, 0.2) is 48.6 Å². The molecule has 1 aromatic rings. The fraction of sp³-hybridized carbons (Fsp3) is 0.586. The van der Waals surface area contributed by atoms with Gasteiger partial charge in [0.15, 0.2) is 0 Å². The van der Waals surface area contributed by atoms with Gasteiger partial charge in [-0.2, -0.15) is 0 Å². The number of hydrogen-bond acceptors (Lipinski definition) is 5. The molecule has 5 heteroatoms. The van der Waals surface area contributed by atoms with Gasteiger partial charge in [0.2, 0.25) is 0 Å². The Morgan fingerprint density at radius 3 is 2.65 bits per heavy atom. The smallest absolute Gasteiger partial charge is 0.331 e. The number of ether oxygens (including phenoxy) is 3. The third kappa shape index (κ3) is 3.55. The summed E-state index contributed by atoms with van der Waals surface area (Å²) in [7, 11) is 0. The quantitative estimate of drug-likeness (QED) is 0.329. The van der Waals surface area contributed by atoms with Crippen LogP contribution in [0.3, 0.4) is 0 Å². The van der Waals surface area contributed by atoms with Crippen molar-refractivity contribution < 1.29 is 23.8 Å². The van der Waals surface area contributed by atoms with Crippen molar-refractivity contribution in [3.05, 3.63) is 54.1 Å². The van der Waals surface area contributed by atoms with Crippen LogP contribution in [0.2, 0.25) is 0 Å². The average molecular weight is 465 g/mol. The number of carbonyl (C=O) groups excluding carboxylic acids is 2. The highest BCUT2D eigenvalue weighted by Crippen LogP contribution is 2.68. The lowest BCUT2D eigenvalue weighted by molar-refractivity contribution is -0.303. The summed E-state index contributed by atoms with van der Waals surface area (Å²) >= 11 is 0. The molecular weight excluding hydrogens is 428 g/mol. The molecule has 4 fully saturated rings. The van der Waals surface area contributed by atoms with Gasteiger partial charge in [-0.15, -0.1) is 0 Å². The summed E-state index contributed by atoms with van der Waals surface area (Å²) in [6.07, 6.45) is 8.73. The van der Waals surface area contributed by atoms with Crippen molar-refractivity contribution in [1.82, 2.24) is 0 Å². The van der Waals surface area contributed by atoms with Crippen molar-refractivity contribution in [3.63, 3.8) is 0 Å². The first kappa shape index (κ1) is 23.3. The van der Waals surface area contributed by atoms with Crippen LogP contribution in [0.4, 0.5) is 0 Å². The second-order valence-electron chi connectivity index (χ2n) is 11.5. The molecule has 0 N–H and O–H groups in total. The van der Waals surface area contributed by atoms with Gasteiger partial charge >= 0.3 is 11.9 Å². The Balaban J connectivity index is 1.46. The summed E-state index contributed by atoms with van der Waals surface area (Å²) < 4.78 is 18.4. The molecule has 0 unspecified atom stereocenters. The van der Waals surface area contributed by atoms with Crippen LogP contribution in [-0.2, 0) is 23.8 Å². The number of esters is 2. The monoisotopic (exact) mass is 464 g/mol. The number of fused-ring (bicyclic) bond motifs is 3. The Morgan fingerprint density at radius 1 is 1.18 bits per heavy atom. The second kappa shape index (κ2) is 8.08. The summed E-state index contributed by atoms with van der Waals surface area (Å²) in [5.41, 5.74) is 0.624. The number of carbonyl (C=O) groups is 2. The Bertz CT molecular complexity index is 1030. The summed E-state index contributed by atoms with van der Waals surface area (Å²) in [6.45, 7) is 11.5. The first-order valence-electron chi connectivity index (χ1n) is 12.6. The minimum atomic E-state index is -0.563. The van der Waals surface area contributed by atoms with E-state index in [2.05, 4.69) is 27.4 Å². The largest absolute Gasteiger partial charge is 0.463 e. The molecule has 5 nitrogen and oxygen atoms in total. The Labute approximate surface area is 202 Å². The molecule has 2 saturated carbocycles. The molecule has 0 amide bonds. The van der Waals surface area contributed by atoms with Crippen molar-refractivity contribution in [2.24, 2.45) is 16.7 Å². The summed E-state index contributed by atoms with van der Waals surface area (Å²) in [6, 6.07) is 9.75. The van der Waals surface area contributed by atoms with Crippen molar-refractivity contribution in [1.29, 1.82) is 0 Å². The minimum Gasteiger partial charge on any atom is -0.463 e. The molecular formula is C29H36O5. The third-order valence-electron chi connectivity index (χ3n) is 9.65. The van der Waals surface area contributed by atoms with E-state index in [1.165, 1.54) is 11.6 Å². The Hall–Kier alpha value is -2.40. The van der Waals surface area contributed by atoms with Crippen LogP contribution >= 0.6 is 0 Å². The van der Waals surface area contributed by atoms with Crippen molar-refractivity contribution in [2.45, 2.75) is 83.0 Å². The zero-order valence-electron chi connectivity index (χ0n) is 20.6. The van der Waals surface area contributed by atoms with Crippen molar-refractivity contribution >= 4 is 18.0 Å². The molecule has 2 aliphatic heterocycles. The lowest BCUT2D eigenvalue weighted by atomic mass is 9.42. The van der Waals surface area contributed by atoms with Crippen LogP contribution in [0.1, 0.15) is 71.3 Å². The van der Waals surface area contributed by atoms with Crippen LogP contribution in [0.5, 0.6) is 0 Å². The number of cyclic esters (lactones) is 1. The van der Waals surface area contributed by atoms with E-state index < -0.39 is 11.2 Å². The number of rotatable bonds is 3. The maximum absolute atomic E-state index is 13.0. The third-order valence-corrected chi connectivity index (χ3v) is 9.65. The van der Waals surface area contributed by atoms with Crippen LogP contribution < -0.4 is 0 Å². The van der Waals surface area contributed by atoms with Crippen molar-refractivity contribution in [3.8, 4) is 0 Å². The summed E-state index contributed by atoms with van der Waals surface area (Å²) in [5, 5.41) is 0. The lowest BCUT2D eigenvalue weighted by Crippen LogP contribution is -2.70. The molecule has 0 aromatic heterocycles. The van der Waals surface area contributed by atoms with Crippen LogP contribution in [0, 0.1) is 16.7 Å². The average Bonchev–Trinajstić information content (AvgIpc) is 3.16. The maximum atomic E-state index is 13.0. The minimum absolute atomic E-state index is 0.106. The van der Waals surface area contributed by atoms with Crippen molar-refractivity contribution in [2.75, 3.05) is 6.61 Å². The lowest BCUT2D eigenvalue weighted by Gasteiger charge is -2.68. The topological polar surface area (TPSA) is 61.8 Å². The first-order chi connectivity index (χ1) is 16.1.